The predicted molar refractivity (Wildman–Crippen MR) is 59.7 cm³/mol. The molecule has 3 nitrogen and oxygen atoms in total. The summed E-state index contributed by atoms with van der Waals surface area (Å²) >= 11 is 1.49. The molecule has 1 aromatic heterocycles. The molecule has 0 bridgehead atoms. The van der Waals surface area contributed by atoms with Gasteiger partial charge in [0.25, 0.3) is 5.19 Å². The number of nitrogens with zero attached hydrogens (tertiary/aromatic N) is 1. The van der Waals surface area contributed by atoms with Gasteiger partial charge in [-0.3, -0.25) is 0 Å². The molecule has 2 N–H and O–H groups in total. The molecule has 4 heteroatoms. The van der Waals surface area contributed by atoms with Crippen LogP contribution in [-0.4, -0.2) is 11.6 Å². The average molecular weight is 206 g/mol. The van der Waals surface area contributed by atoms with Crippen LogP contribution in [0.4, 0.5) is 5.69 Å². The van der Waals surface area contributed by atoms with Gasteiger partial charge in [-0.05, 0) is 18.2 Å². The molecular formula is C10H10N2OS. The van der Waals surface area contributed by atoms with E-state index in [9.17, 15) is 0 Å². The molecule has 0 unspecified atom stereocenters. The molecule has 0 aliphatic heterocycles. The number of hydrogen-bond acceptors (Lipinski definition) is 4. The lowest BCUT2D eigenvalue weighted by Crippen LogP contribution is -1.90. The molecule has 0 aliphatic carbocycles. The van der Waals surface area contributed by atoms with Crippen LogP contribution in [0.5, 0.6) is 5.19 Å². The number of ether oxygens (including phenoxy) is 1. The Labute approximate surface area is 85.8 Å². The number of benzene rings is 1. The molecule has 0 saturated carbocycles. The molecule has 0 spiro atoms. The largest absolute Gasteiger partial charge is 0.466 e. The Balaban J connectivity index is 2.36. The first kappa shape index (κ1) is 9.02. The van der Waals surface area contributed by atoms with Crippen LogP contribution in [0, 0.1) is 0 Å². The van der Waals surface area contributed by atoms with Gasteiger partial charge in [0.2, 0.25) is 0 Å². The maximum atomic E-state index is 5.66. The fourth-order valence-corrected chi connectivity index (χ4v) is 1.98. The molecule has 14 heavy (non-hydrogen) atoms. The minimum Gasteiger partial charge on any atom is -0.466 e. The first-order valence-electron chi connectivity index (χ1n) is 4.19. The molecule has 2 aromatic rings. The van der Waals surface area contributed by atoms with Crippen molar-refractivity contribution in [2.24, 2.45) is 0 Å². The number of nitrogen functional groups attached to an aromatic ring is 1. The second-order valence-electron chi connectivity index (χ2n) is 2.81. The summed E-state index contributed by atoms with van der Waals surface area (Å²) in [4.78, 5) is 4.28. The van der Waals surface area contributed by atoms with Crippen LogP contribution in [0.3, 0.4) is 0 Å². The van der Waals surface area contributed by atoms with E-state index in [0.717, 1.165) is 15.9 Å². The van der Waals surface area contributed by atoms with Crippen LogP contribution in [0.15, 0.2) is 30.9 Å². The van der Waals surface area contributed by atoms with E-state index < -0.39 is 0 Å². The SMILES string of the molecule is C=CCOc1nc2ccc(N)cc2s1. The minimum atomic E-state index is 0.481. The number of thiazole rings is 1. The Bertz CT molecular complexity index is 464. The summed E-state index contributed by atoms with van der Waals surface area (Å²) < 4.78 is 6.37. The summed E-state index contributed by atoms with van der Waals surface area (Å²) in [7, 11) is 0. The summed E-state index contributed by atoms with van der Waals surface area (Å²) in [6, 6.07) is 5.62. The van der Waals surface area contributed by atoms with Crippen molar-refractivity contribution in [2.45, 2.75) is 0 Å². The van der Waals surface area contributed by atoms with Crippen molar-refractivity contribution in [3.05, 3.63) is 30.9 Å². The third kappa shape index (κ3) is 1.70. The number of hydrogen-bond donors (Lipinski definition) is 1. The topological polar surface area (TPSA) is 48.1 Å². The highest BCUT2D eigenvalue weighted by molar-refractivity contribution is 7.20. The molecule has 1 heterocycles. The Kier molecular flexibility index (Phi) is 2.37. The molecule has 0 fully saturated rings. The van der Waals surface area contributed by atoms with E-state index in [-0.39, 0.29) is 0 Å². The molecule has 2 rings (SSSR count). The van der Waals surface area contributed by atoms with Gasteiger partial charge in [-0.15, -0.1) is 0 Å². The van der Waals surface area contributed by atoms with Gasteiger partial charge in [0, 0.05) is 5.69 Å². The van der Waals surface area contributed by atoms with Gasteiger partial charge in [-0.1, -0.05) is 24.0 Å². The van der Waals surface area contributed by atoms with Crippen molar-refractivity contribution in [2.75, 3.05) is 12.3 Å². The minimum absolute atomic E-state index is 0.481. The number of fused-ring (bicyclic) bond motifs is 1. The number of anilines is 1. The van der Waals surface area contributed by atoms with Crippen LogP contribution in [-0.2, 0) is 0 Å². The number of nitrogens with two attached hydrogens (primary N) is 1. The predicted octanol–water partition coefficient (Wildman–Crippen LogP) is 2.44. The highest BCUT2D eigenvalue weighted by Gasteiger charge is 2.03. The molecule has 72 valence electrons. The standard InChI is InChI=1S/C10H10N2OS/c1-2-5-13-10-12-8-4-3-7(11)6-9(8)14-10/h2-4,6H,1,5,11H2. The molecular weight excluding hydrogens is 196 g/mol. The van der Waals surface area contributed by atoms with Crippen molar-refractivity contribution in [1.29, 1.82) is 0 Å². The smallest absolute Gasteiger partial charge is 0.274 e. The van der Waals surface area contributed by atoms with Crippen LogP contribution < -0.4 is 10.5 Å². The van der Waals surface area contributed by atoms with E-state index >= 15 is 0 Å². The van der Waals surface area contributed by atoms with Crippen molar-refractivity contribution >= 4 is 27.2 Å². The van der Waals surface area contributed by atoms with Crippen LogP contribution in [0.1, 0.15) is 0 Å². The van der Waals surface area contributed by atoms with Gasteiger partial charge in [0.15, 0.2) is 0 Å². The quantitative estimate of drug-likeness (QED) is 0.619. The molecule has 0 saturated heterocycles. The van der Waals surface area contributed by atoms with Gasteiger partial charge in [0.1, 0.15) is 6.61 Å². The van der Waals surface area contributed by atoms with Gasteiger partial charge in [-0.25, -0.2) is 4.98 Å². The Morgan fingerprint density at radius 3 is 3.21 bits per heavy atom. The van der Waals surface area contributed by atoms with E-state index in [2.05, 4.69) is 11.6 Å². The van der Waals surface area contributed by atoms with Crippen molar-refractivity contribution in [3.63, 3.8) is 0 Å². The van der Waals surface area contributed by atoms with Crippen molar-refractivity contribution in [1.82, 2.24) is 4.98 Å². The summed E-state index contributed by atoms with van der Waals surface area (Å²) in [5.74, 6) is 0. The number of aromatic nitrogens is 1. The van der Waals surface area contributed by atoms with Gasteiger partial charge < -0.3 is 10.5 Å². The monoisotopic (exact) mass is 206 g/mol. The first-order valence-corrected chi connectivity index (χ1v) is 5.01. The molecule has 0 amide bonds. The summed E-state index contributed by atoms with van der Waals surface area (Å²) in [6.45, 7) is 4.06. The van der Waals surface area contributed by atoms with Crippen LogP contribution in [0.2, 0.25) is 0 Å². The molecule has 0 radical (unpaired) electrons. The maximum Gasteiger partial charge on any atom is 0.274 e. The molecule has 0 atom stereocenters. The highest BCUT2D eigenvalue weighted by Crippen LogP contribution is 2.28. The van der Waals surface area contributed by atoms with E-state index in [1.165, 1.54) is 11.3 Å². The molecule has 1 aromatic carbocycles. The highest BCUT2D eigenvalue weighted by atomic mass is 32.1. The summed E-state index contributed by atoms with van der Waals surface area (Å²) in [5.41, 5.74) is 7.32. The Hall–Kier alpha value is -1.55. The van der Waals surface area contributed by atoms with Crippen molar-refractivity contribution < 1.29 is 4.74 Å². The van der Waals surface area contributed by atoms with Crippen molar-refractivity contribution in [3.8, 4) is 5.19 Å². The fraction of sp³-hybridized carbons (Fsp3) is 0.100. The Morgan fingerprint density at radius 1 is 1.57 bits per heavy atom. The zero-order valence-electron chi connectivity index (χ0n) is 7.56. The molecule has 0 aliphatic rings. The second kappa shape index (κ2) is 3.67. The lowest BCUT2D eigenvalue weighted by Gasteiger charge is -1.93. The maximum absolute atomic E-state index is 5.66. The van der Waals surface area contributed by atoms with Gasteiger partial charge >= 0.3 is 0 Å². The zero-order chi connectivity index (χ0) is 9.97. The Morgan fingerprint density at radius 2 is 2.43 bits per heavy atom. The lowest BCUT2D eigenvalue weighted by molar-refractivity contribution is 0.362. The van der Waals surface area contributed by atoms with Gasteiger partial charge in [0.05, 0.1) is 10.2 Å². The lowest BCUT2D eigenvalue weighted by atomic mass is 10.3. The number of rotatable bonds is 3. The van der Waals surface area contributed by atoms with E-state index in [4.69, 9.17) is 10.5 Å². The summed E-state index contributed by atoms with van der Waals surface area (Å²) in [5, 5.41) is 0.658. The van der Waals surface area contributed by atoms with Crippen LogP contribution >= 0.6 is 11.3 Å². The van der Waals surface area contributed by atoms with Crippen LogP contribution in [0.25, 0.3) is 10.2 Å². The van der Waals surface area contributed by atoms with Gasteiger partial charge in [-0.2, -0.15) is 0 Å². The third-order valence-corrected chi connectivity index (χ3v) is 2.65. The average Bonchev–Trinajstić information content (AvgIpc) is 2.56. The van der Waals surface area contributed by atoms with E-state index in [1.54, 1.807) is 6.08 Å². The first-order chi connectivity index (χ1) is 6.79. The van der Waals surface area contributed by atoms with E-state index in [0.29, 0.717) is 11.8 Å². The normalized spacial score (nSPS) is 10.3. The zero-order valence-corrected chi connectivity index (χ0v) is 8.38. The second-order valence-corrected chi connectivity index (χ2v) is 3.80. The third-order valence-electron chi connectivity index (χ3n) is 1.72. The fourth-order valence-electron chi connectivity index (χ4n) is 1.11. The van der Waals surface area contributed by atoms with E-state index in [1.807, 2.05) is 18.2 Å². The summed E-state index contributed by atoms with van der Waals surface area (Å²) in [6.07, 6.45) is 1.69.